The molecule has 1 rings (SSSR count). The summed E-state index contributed by atoms with van der Waals surface area (Å²) in [5.41, 5.74) is -1.11. The average molecular weight is 286 g/mol. The van der Waals surface area contributed by atoms with E-state index in [-0.39, 0.29) is 16.6 Å². The largest absolute Gasteiger partial charge is 0.507 e. The van der Waals surface area contributed by atoms with Crippen LogP contribution in [-0.4, -0.2) is 5.11 Å². The maximum atomic E-state index is 12.5. The number of hydrogen-bond acceptors (Lipinski definition) is 3. The van der Waals surface area contributed by atoms with Gasteiger partial charge in [-0.2, -0.15) is 13.2 Å². The normalized spacial score (nSPS) is 11.8. The molecular weight excluding hydrogens is 279 g/mol. The molecule has 0 aliphatic heterocycles. The van der Waals surface area contributed by atoms with Crippen LogP contribution in [0.2, 0.25) is 0 Å². The Balaban J connectivity index is 3.28. The van der Waals surface area contributed by atoms with Gasteiger partial charge in [-0.25, -0.2) is 5.90 Å². The van der Waals surface area contributed by atoms with Gasteiger partial charge in [-0.3, -0.25) is 4.84 Å². The molecule has 0 atom stereocenters. The van der Waals surface area contributed by atoms with E-state index in [2.05, 4.69) is 20.8 Å². The molecule has 0 amide bonds. The van der Waals surface area contributed by atoms with Crippen LogP contribution in [-0.2, 0) is 17.6 Å². The van der Waals surface area contributed by atoms with Crippen molar-refractivity contribution in [2.75, 3.05) is 0 Å². The van der Waals surface area contributed by atoms with E-state index < -0.39 is 17.5 Å². The van der Waals surface area contributed by atoms with Crippen LogP contribution in [0.1, 0.15) is 11.1 Å². The molecule has 0 unspecified atom stereocenters. The van der Waals surface area contributed by atoms with Gasteiger partial charge in [0.25, 0.3) is 0 Å². The van der Waals surface area contributed by atoms with E-state index in [1.165, 1.54) is 0 Å². The van der Waals surface area contributed by atoms with Crippen molar-refractivity contribution in [1.82, 2.24) is 0 Å². The predicted octanol–water partition coefficient (Wildman–Crippen LogP) is 2.56. The standard InChI is InChI=1S/C8H7BrF3NO2/c9-6-1-4(3-15-13)5(2-7(6)14)8(10,11)12/h1-2,14H,3,13H2. The molecular formula is C8H7BrF3NO2. The molecule has 0 bridgehead atoms. The summed E-state index contributed by atoms with van der Waals surface area (Å²) < 4.78 is 37.5. The van der Waals surface area contributed by atoms with Gasteiger partial charge in [0, 0.05) is 0 Å². The molecule has 0 saturated carbocycles. The Morgan fingerprint density at radius 2 is 2.00 bits per heavy atom. The van der Waals surface area contributed by atoms with Gasteiger partial charge >= 0.3 is 6.18 Å². The Kier molecular flexibility index (Phi) is 3.58. The van der Waals surface area contributed by atoms with Crippen LogP contribution in [0.15, 0.2) is 16.6 Å². The maximum Gasteiger partial charge on any atom is 0.416 e. The lowest BCUT2D eigenvalue weighted by atomic mass is 10.1. The van der Waals surface area contributed by atoms with Crippen molar-refractivity contribution in [2.24, 2.45) is 5.90 Å². The molecule has 0 saturated heterocycles. The summed E-state index contributed by atoms with van der Waals surface area (Å²) in [6.07, 6.45) is -4.55. The Morgan fingerprint density at radius 1 is 1.40 bits per heavy atom. The Labute approximate surface area is 91.7 Å². The lowest BCUT2D eigenvalue weighted by Gasteiger charge is -2.13. The van der Waals surface area contributed by atoms with Gasteiger partial charge < -0.3 is 5.11 Å². The summed E-state index contributed by atoms with van der Waals surface area (Å²) in [6.45, 7) is -0.381. The van der Waals surface area contributed by atoms with Crippen molar-refractivity contribution in [2.45, 2.75) is 12.8 Å². The number of alkyl halides is 3. The van der Waals surface area contributed by atoms with E-state index >= 15 is 0 Å². The fourth-order valence-corrected chi connectivity index (χ4v) is 1.47. The molecule has 3 N–H and O–H groups in total. The molecule has 0 heterocycles. The number of rotatable bonds is 2. The number of aromatic hydroxyl groups is 1. The zero-order valence-corrected chi connectivity index (χ0v) is 8.89. The monoisotopic (exact) mass is 285 g/mol. The zero-order valence-electron chi connectivity index (χ0n) is 7.31. The molecule has 0 fully saturated rings. The summed E-state index contributed by atoms with van der Waals surface area (Å²) in [7, 11) is 0. The highest BCUT2D eigenvalue weighted by Gasteiger charge is 2.34. The minimum absolute atomic E-state index is 0.144. The Bertz CT molecular complexity index is 368. The Morgan fingerprint density at radius 3 is 2.47 bits per heavy atom. The van der Waals surface area contributed by atoms with Crippen molar-refractivity contribution >= 4 is 15.9 Å². The summed E-state index contributed by atoms with van der Waals surface area (Å²) >= 11 is 2.90. The van der Waals surface area contributed by atoms with Crippen LogP contribution in [0.3, 0.4) is 0 Å². The number of halogens is 4. The molecule has 1 aromatic rings. The first kappa shape index (κ1) is 12.3. The van der Waals surface area contributed by atoms with Crippen molar-refractivity contribution in [1.29, 1.82) is 0 Å². The van der Waals surface area contributed by atoms with Gasteiger partial charge in [-0.05, 0) is 33.6 Å². The molecule has 3 nitrogen and oxygen atoms in total. The van der Waals surface area contributed by atoms with E-state index in [9.17, 15) is 13.2 Å². The van der Waals surface area contributed by atoms with E-state index in [0.29, 0.717) is 6.07 Å². The lowest BCUT2D eigenvalue weighted by Crippen LogP contribution is -2.11. The molecule has 0 aliphatic carbocycles. The second-order valence-electron chi connectivity index (χ2n) is 2.77. The summed E-state index contributed by atoms with van der Waals surface area (Å²) in [6, 6.07) is 1.74. The fourth-order valence-electron chi connectivity index (χ4n) is 1.08. The number of hydrogen-bond donors (Lipinski definition) is 2. The minimum Gasteiger partial charge on any atom is -0.507 e. The van der Waals surface area contributed by atoms with Gasteiger partial charge in [-0.15, -0.1) is 0 Å². The third kappa shape index (κ3) is 2.83. The smallest absolute Gasteiger partial charge is 0.416 e. The van der Waals surface area contributed by atoms with Gasteiger partial charge in [0.15, 0.2) is 0 Å². The lowest BCUT2D eigenvalue weighted by molar-refractivity contribution is -0.139. The van der Waals surface area contributed by atoms with Gasteiger partial charge in [0.05, 0.1) is 16.6 Å². The summed E-state index contributed by atoms with van der Waals surface area (Å²) in [5.74, 6) is 4.23. The van der Waals surface area contributed by atoms with E-state index in [1.54, 1.807) is 0 Å². The maximum absolute atomic E-state index is 12.5. The Hall–Kier alpha value is -0.790. The molecule has 7 heteroatoms. The van der Waals surface area contributed by atoms with Gasteiger partial charge in [0.1, 0.15) is 5.75 Å². The first-order chi connectivity index (χ1) is 6.86. The van der Waals surface area contributed by atoms with Gasteiger partial charge in [0.2, 0.25) is 0 Å². The van der Waals surface area contributed by atoms with E-state index in [0.717, 1.165) is 6.07 Å². The second kappa shape index (κ2) is 4.38. The fraction of sp³-hybridized carbons (Fsp3) is 0.250. The molecule has 84 valence electrons. The van der Waals surface area contributed by atoms with Crippen LogP contribution in [0, 0.1) is 0 Å². The van der Waals surface area contributed by atoms with E-state index in [1.807, 2.05) is 0 Å². The molecule has 15 heavy (non-hydrogen) atoms. The second-order valence-corrected chi connectivity index (χ2v) is 3.62. The summed E-state index contributed by atoms with van der Waals surface area (Å²) in [5, 5.41) is 9.14. The van der Waals surface area contributed by atoms with Crippen LogP contribution in [0.5, 0.6) is 5.75 Å². The predicted molar refractivity (Wildman–Crippen MR) is 49.8 cm³/mol. The molecule has 0 spiro atoms. The quantitative estimate of drug-likeness (QED) is 0.821. The number of nitrogens with two attached hydrogens (primary N) is 1. The van der Waals surface area contributed by atoms with Crippen LogP contribution >= 0.6 is 15.9 Å². The van der Waals surface area contributed by atoms with Gasteiger partial charge in [-0.1, -0.05) is 0 Å². The highest BCUT2D eigenvalue weighted by Crippen LogP contribution is 2.37. The molecule has 0 aliphatic rings. The number of phenolic OH excluding ortho intramolecular Hbond substituents is 1. The first-order valence-corrected chi connectivity index (χ1v) is 4.56. The van der Waals surface area contributed by atoms with Crippen molar-refractivity contribution in [3.63, 3.8) is 0 Å². The van der Waals surface area contributed by atoms with Crippen molar-refractivity contribution in [3.8, 4) is 5.75 Å². The number of benzene rings is 1. The topological polar surface area (TPSA) is 55.5 Å². The SMILES string of the molecule is NOCc1cc(Br)c(O)cc1C(F)(F)F. The number of phenols is 1. The average Bonchev–Trinajstić information content (AvgIpc) is 2.09. The zero-order chi connectivity index (χ0) is 11.6. The van der Waals surface area contributed by atoms with Crippen molar-refractivity contribution < 1.29 is 23.1 Å². The minimum atomic E-state index is -4.55. The molecule has 1 aromatic carbocycles. The first-order valence-electron chi connectivity index (χ1n) is 3.76. The van der Waals surface area contributed by atoms with Crippen LogP contribution in [0.25, 0.3) is 0 Å². The highest BCUT2D eigenvalue weighted by atomic mass is 79.9. The van der Waals surface area contributed by atoms with Crippen molar-refractivity contribution in [3.05, 3.63) is 27.7 Å². The highest BCUT2D eigenvalue weighted by molar-refractivity contribution is 9.10. The molecule has 0 aromatic heterocycles. The summed E-state index contributed by atoms with van der Waals surface area (Å²) in [4.78, 5) is 4.16. The third-order valence-electron chi connectivity index (χ3n) is 1.72. The van der Waals surface area contributed by atoms with Crippen LogP contribution in [0.4, 0.5) is 13.2 Å². The van der Waals surface area contributed by atoms with E-state index in [4.69, 9.17) is 11.0 Å². The van der Waals surface area contributed by atoms with Crippen LogP contribution < -0.4 is 5.90 Å². The third-order valence-corrected chi connectivity index (χ3v) is 2.35. The molecule has 0 radical (unpaired) electrons.